The molecular weight excluding hydrogens is 381 g/mol. The fraction of sp³-hybridized carbons (Fsp3) is 0.111. The average molecular weight is 394 g/mol. The Labute approximate surface area is 156 Å². The van der Waals surface area contributed by atoms with Crippen molar-refractivity contribution in [2.75, 3.05) is 11.9 Å². The van der Waals surface area contributed by atoms with E-state index in [0.717, 1.165) is 22.7 Å². The van der Waals surface area contributed by atoms with E-state index in [1.807, 2.05) is 17.5 Å². The fourth-order valence-electron chi connectivity index (χ4n) is 2.21. The molecule has 0 spiro atoms. The van der Waals surface area contributed by atoms with Crippen LogP contribution in [0.25, 0.3) is 10.6 Å². The number of hydrogen-bond acceptors (Lipinski definition) is 5. The van der Waals surface area contributed by atoms with Gasteiger partial charge in [-0.1, -0.05) is 12.1 Å². The predicted octanol–water partition coefficient (Wildman–Crippen LogP) is 4.73. The smallest absolute Gasteiger partial charge is 0.483 e. The maximum Gasteiger partial charge on any atom is 0.573 e. The molecule has 0 radical (unpaired) electrons. The molecule has 2 aromatic carbocycles. The normalized spacial score (nSPS) is 11.1. The van der Waals surface area contributed by atoms with Crippen molar-refractivity contribution in [3.8, 4) is 22.1 Å². The molecule has 0 saturated heterocycles. The lowest BCUT2D eigenvalue weighted by Crippen LogP contribution is -2.20. The summed E-state index contributed by atoms with van der Waals surface area (Å²) < 4.78 is 45.7. The molecule has 0 bridgehead atoms. The van der Waals surface area contributed by atoms with E-state index < -0.39 is 12.3 Å². The number of ether oxygens (including phenoxy) is 2. The Kier molecular flexibility index (Phi) is 5.60. The summed E-state index contributed by atoms with van der Waals surface area (Å²) in [5, 5.41) is 5.15. The van der Waals surface area contributed by atoms with Crippen molar-refractivity contribution in [1.29, 1.82) is 0 Å². The molecule has 1 amide bonds. The average Bonchev–Trinajstić information content (AvgIpc) is 3.15. The van der Waals surface area contributed by atoms with Gasteiger partial charge in [0, 0.05) is 17.3 Å². The second-order valence-corrected chi connectivity index (χ2v) is 6.14. The maximum atomic E-state index is 12.1. The zero-order valence-electron chi connectivity index (χ0n) is 13.7. The number of hydrogen-bond donors (Lipinski definition) is 1. The highest BCUT2D eigenvalue weighted by molar-refractivity contribution is 7.13. The number of rotatable bonds is 6. The van der Waals surface area contributed by atoms with Gasteiger partial charge in [0.2, 0.25) is 0 Å². The van der Waals surface area contributed by atoms with Crippen LogP contribution in [0.1, 0.15) is 0 Å². The number of thiazole rings is 1. The van der Waals surface area contributed by atoms with Gasteiger partial charge in [0.1, 0.15) is 16.5 Å². The highest BCUT2D eigenvalue weighted by Gasteiger charge is 2.30. The number of alkyl halides is 3. The van der Waals surface area contributed by atoms with Crippen LogP contribution in [-0.4, -0.2) is 23.9 Å². The van der Waals surface area contributed by atoms with Crippen LogP contribution in [0.4, 0.5) is 18.9 Å². The lowest BCUT2D eigenvalue weighted by Gasteiger charge is -2.11. The molecule has 5 nitrogen and oxygen atoms in total. The lowest BCUT2D eigenvalue weighted by atomic mass is 10.2. The first-order valence-corrected chi connectivity index (χ1v) is 8.56. The fourth-order valence-corrected chi connectivity index (χ4v) is 2.87. The summed E-state index contributed by atoms with van der Waals surface area (Å²) in [6.45, 7) is -0.261. The molecule has 0 atom stereocenters. The SMILES string of the molecule is O=C(COc1ccccc1-c1nccs1)Nc1ccc(OC(F)(F)F)cc1. The number of aromatic nitrogens is 1. The van der Waals surface area contributed by atoms with Gasteiger partial charge in [-0.25, -0.2) is 4.98 Å². The van der Waals surface area contributed by atoms with E-state index in [0.29, 0.717) is 11.4 Å². The zero-order valence-corrected chi connectivity index (χ0v) is 14.5. The first-order valence-electron chi connectivity index (χ1n) is 7.68. The molecular formula is C18H13F3N2O3S. The Bertz CT molecular complexity index is 897. The van der Waals surface area contributed by atoms with E-state index in [1.54, 1.807) is 18.3 Å². The number of nitrogens with zero attached hydrogens (tertiary/aromatic N) is 1. The first-order chi connectivity index (χ1) is 12.9. The Morgan fingerprint density at radius 1 is 1.11 bits per heavy atom. The molecule has 3 aromatic rings. The van der Waals surface area contributed by atoms with Crippen LogP contribution in [0.5, 0.6) is 11.5 Å². The number of benzene rings is 2. The Hall–Kier alpha value is -3.07. The van der Waals surface area contributed by atoms with Crippen molar-refractivity contribution in [3.05, 3.63) is 60.1 Å². The van der Waals surface area contributed by atoms with E-state index in [9.17, 15) is 18.0 Å². The van der Waals surface area contributed by atoms with Gasteiger partial charge in [-0.15, -0.1) is 24.5 Å². The number of halogens is 3. The molecule has 1 aromatic heterocycles. The van der Waals surface area contributed by atoms with E-state index >= 15 is 0 Å². The zero-order chi connectivity index (χ0) is 19.3. The van der Waals surface area contributed by atoms with Crippen LogP contribution in [0, 0.1) is 0 Å². The lowest BCUT2D eigenvalue weighted by molar-refractivity contribution is -0.274. The molecule has 140 valence electrons. The Balaban J connectivity index is 1.58. The van der Waals surface area contributed by atoms with Crippen LogP contribution in [0.2, 0.25) is 0 Å². The summed E-state index contributed by atoms with van der Waals surface area (Å²) in [5.41, 5.74) is 1.10. The van der Waals surface area contributed by atoms with Gasteiger partial charge >= 0.3 is 6.36 Å². The van der Waals surface area contributed by atoms with Gasteiger partial charge in [0.05, 0.1) is 5.56 Å². The van der Waals surface area contributed by atoms with Gasteiger partial charge in [0.15, 0.2) is 6.61 Å². The molecule has 3 rings (SSSR count). The first kappa shape index (κ1) is 18.7. The monoisotopic (exact) mass is 394 g/mol. The van der Waals surface area contributed by atoms with E-state index in [4.69, 9.17) is 4.74 Å². The van der Waals surface area contributed by atoms with Gasteiger partial charge in [-0.3, -0.25) is 4.79 Å². The molecule has 0 unspecified atom stereocenters. The van der Waals surface area contributed by atoms with Crippen molar-refractivity contribution in [2.24, 2.45) is 0 Å². The van der Waals surface area contributed by atoms with Crippen LogP contribution >= 0.6 is 11.3 Å². The van der Waals surface area contributed by atoms with E-state index in [2.05, 4.69) is 15.0 Å². The van der Waals surface area contributed by atoms with Crippen LogP contribution < -0.4 is 14.8 Å². The van der Waals surface area contributed by atoms with Gasteiger partial charge in [0.25, 0.3) is 5.91 Å². The van der Waals surface area contributed by atoms with Crippen molar-refractivity contribution >= 4 is 22.9 Å². The second kappa shape index (κ2) is 8.09. The molecule has 1 N–H and O–H groups in total. The number of nitrogens with one attached hydrogen (secondary N) is 1. The number of carbonyl (C=O) groups is 1. The quantitative estimate of drug-likeness (QED) is 0.657. The Morgan fingerprint density at radius 3 is 2.52 bits per heavy atom. The largest absolute Gasteiger partial charge is 0.573 e. The minimum atomic E-state index is -4.76. The molecule has 0 aliphatic heterocycles. The predicted molar refractivity (Wildman–Crippen MR) is 94.8 cm³/mol. The number of anilines is 1. The molecule has 1 heterocycles. The summed E-state index contributed by atoms with van der Waals surface area (Å²) in [4.78, 5) is 16.3. The second-order valence-electron chi connectivity index (χ2n) is 5.24. The molecule has 0 aliphatic carbocycles. The topological polar surface area (TPSA) is 60.5 Å². The number of amides is 1. The van der Waals surface area contributed by atoms with Crippen molar-refractivity contribution < 1.29 is 27.4 Å². The van der Waals surface area contributed by atoms with Gasteiger partial charge in [-0.2, -0.15) is 0 Å². The summed E-state index contributed by atoms with van der Waals surface area (Å²) >= 11 is 1.45. The number of carbonyl (C=O) groups excluding carboxylic acids is 1. The third-order valence-corrected chi connectivity index (χ3v) is 4.09. The standard InChI is InChI=1S/C18H13F3N2O3S/c19-18(20,21)26-13-7-5-12(6-8-13)23-16(24)11-25-15-4-2-1-3-14(15)17-22-9-10-27-17/h1-10H,11H2,(H,23,24). The van der Waals surface area contributed by atoms with Crippen molar-refractivity contribution in [3.63, 3.8) is 0 Å². The summed E-state index contributed by atoms with van der Waals surface area (Å²) in [6.07, 6.45) is -3.08. The van der Waals surface area contributed by atoms with Gasteiger partial charge < -0.3 is 14.8 Å². The summed E-state index contributed by atoms with van der Waals surface area (Å²) in [6, 6.07) is 12.0. The third kappa shape index (κ3) is 5.45. The van der Waals surface area contributed by atoms with Crippen molar-refractivity contribution in [2.45, 2.75) is 6.36 Å². The minimum absolute atomic E-state index is 0.261. The van der Waals surface area contributed by atoms with Gasteiger partial charge in [-0.05, 0) is 36.4 Å². The Morgan fingerprint density at radius 2 is 1.85 bits per heavy atom. The third-order valence-electron chi connectivity index (χ3n) is 3.28. The van der Waals surface area contributed by atoms with Crippen LogP contribution in [-0.2, 0) is 4.79 Å². The number of para-hydroxylation sites is 1. The molecule has 0 aliphatic rings. The molecule has 9 heteroatoms. The molecule has 0 saturated carbocycles. The van der Waals surface area contributed by atoms with E-state index in [-0.39, 0.29) is 12.4 Å². The van der Waals surface area contributed by atoms with Crippen molar-refractivity contribution in [1.82, 2.24) is 4.98 Å². The summed E-state index contributed by atoms with van der Waals surface area (Å²) in [5.74, 6) is -0.306. The van der Waals surface area contributed by atoms with Crippen LogP contribution in [0.3, 0.4) is 0 Å². The molecule has 0 fully saturated rings. The highest BCUT2D eigenvalue weighted by atomic mass is 32.1. The molecule has 27 heavy (non-hydrogen) atoms. The van der Waals surface area contributed by atoms with E-state index in [1.165, 1.54) is 23.5 Å². The highest BCUT2D eigenvalue weighted by Crippen LogP contribution is 2.31. The van der Waals surface area contributed by atoms with Crippen LogP contribution in [0.15, 0.2) is 60.1 Å². The minimum Gasteiger partial charge on any atom is -0.483 e. The summed E-state index contributed by atoms with van der Waals surface area (Å²) in [7, 11) is 0. The maximum absolute atomic E-state index is 12.1.